The summed E-state index contributed by atoms with van der Waals surface area (Å²) in [5, 5.41) is 8.21. The number of halogens is 1. The molecule has 0 fully saturated rings. The number of hydrogen-bond donors (Lipinski definition) is 3. The Bertz CT molecular complexity index is 656. The highest BCUT2D eigenvalue weighted by molar-refractivity contribution is 5.95. The summed E-state index contributed by atoms with van der Waals surface area (Å²) in [5.41, 5.74) is 2.29. The Labute approximate surface area is 160 Å². The highest BCUT2D eigenvalue weighted by atomic mass is 19.1. The van der Waals surface area contributed by atoms with Gasteiger partial charge in [0.2, 0.25) is 5.91 Å². The van der Waals surface area contributed by atoms with Gasteiger partial charge in [-0.25, -0.2) is 9.18 Å². The third kappa shape index (κ3) is 7.51. The Kier molecular flexibility index (Phi) is 8.45. The van der Waals surface area contributed by atoms with Gasteiger partial charge in [0.05, 0.1) is 6.54 Å². The molecular weight excluding hydrogens is 345 g/mol. The fraction of sp³-hybridized carbons (Fsp3) is 0.524. The van der Waals surface area contributed by atoms with E-state index in [1.54, 1.807) is 12.1 Å². The average Bonchev–Trinajstić information content (AvgIpc) is 2.64. The molecular formula is C21H30FN3O2. The summed E-state index contributed by atoms with van der Waals surface area (Å²) in [5.74, 6) is -0.474. The molecule has 0 heterocycles. The second-order valence-corrected chi connectivity index (χ2v) is 7.32. The summed E-state index contributed by atoms with van der Waals surface area (Å²) in [7, 11) is 0. The molecule has 0 unspecified atom stereocenters. The van der Waals surface area contributed by atoms with Gasteiger partial charge in [0, 0.05) is 12.6 Å². The zero-order chi connectivity index (χ0) is 19.6. The van der Waals surface area contributed by atoms with E-state index in [4.69, 9.17) is 0 Å². The molecule has 0 aromatic heterocycles. The highest BCUT2D eigenvalue weighted by Gasteiger charge is 2.17. The topological polar surface area (TPSA) is 70.2 Å². The van der Waals surface area contributed by atoms with Crippen molar-refractivity contribution in [2.75, 3.05) is 13.1 Å². The number of carbonyl (C=O) groups excluding carboxylic acids is 2. The van der Waals surface area contributed by atoms with Crippen molar-refractivity contribution in [3.63, 3.8) is 0 Å². The molecule has 1 aliphatic carbocycles. The van der Waals surface area contributed by atoms with Gasteiger partial charge in [0.25, 0.3) is 0 Å². The third-order valence-corrected chi connectivity index (χ3v) is 4.75. The van der Waals surface area contributed by atoms with Crippen LogP contribution in [0.25, 0.3) is 0 Å². The first kappa shape index (κ1) is 21.1. The van der Waals surface area contributed by atoms with Crippen LogP contribution < -0.4 is 16.0 Å². The third-order valence-electron chi connectivity index (χ3n) is 4.75. The number of urea groups is 1. The minimum absolute atomic E-state index is 0.0127. The van der Waals surface area contributed by atoms with Crippen LogP contribution in [0.3, 0.4) is 0 Å². The van der Waals surface area contributed by atoms with Crippen molar-refractivity contribution < 1.29 is 14.0 Å². The first-order chi connectivity index (χ1) is 13.0. The van der Waals surface area contributed by atoms with Crippen LogP contribution in [-0.2, 0) is 4.79 Å². The smallest absolute Gasteiger partial charge is 0.321 e. The van der Waals surface area contributed by atoms with E-state index in [2.05, 4.69) is 22.0 Å². The van der Waals surface area contributed by atoms with Crippen molar-refractivity contribution in [3.8, 4) is 0 Å². The number of imide groups is 1. The van der Waals surface area contributed by atoms with Crippen LogP contribution in [-0.4, -0.2) is 25.0 Å². The monoisotopic (exact) mass is 375 g/mol. The van der Waals surface area contributed by atoms with Crippen molar-refractivity contribution in [2.24, 2.45) is 5.92 Å². The van der Waals surface area contributed by atoms with Gasteiger partial charge < -0.3 is 10.6 Å². The molecule has 6 heteroatoms. The number of nitrogens with one attached hydrogen (secondary N) is 3. The van der Waals surface area contributed by atoms with Crippen molar-refractivity contribution >= 4 is 11.9 Å². The molecule has 1 atom stereocenters. The Morgan fingerprint density at radius 1 is 1.15 bits per heavy atom. The van der Waals surface area contributed by atoms with Crippen LogP contribution in [0.2, 0.25) is 0 Å². The van der Waals surface area contributed by atoms with E-state index in [0.717, 1.165) is 24.8 Å². The summed E-state index contributed by atoms with van der Waals surface area (Å²) in [6, 6.07) is 5.65. The maximum absolute atomic E-state index is 13.1. The van der Waals surface area contributed by atoms with Crippen molar-refractivity contribution in [1.82, 2.24) is 16.0 Å². The predicted molar refractivity (Wildman–Crippen MR) is 105 cm³/mol. The molecule has 3 N–H and O–H groups in total. The van der Waals surface area contributed by atoms with Crippen LogP contribution in [0.4, 0.5) is 9.18 Å². The van der Waals surface area contributed by atoms with Crippen LogP contribution in [0.5, 0.6) is 0 Å². The molecule has 1 aliphatic rings. The highest BCUT2D eigenvalue weighted by Crippen LogP contribution is 2.21. The normalized spacial score (nSPS) is 15.2. The fourth-order valence-corrected chi connectivity index (χ4v) is 3.29. The molecule has 0 saturated heterocycles. The van der Waals surface area contributed by atoms with E-state index in [0.29, 0.717) is 6.54 Å². The molecule has 1 aromatic carbocycles. The van der Waals surface area contributed by atoms with Crippen molar-refractivity contribution in [3.05, 3.63) is 47.3 Å². The summed E-state index contributed by atoms with van der Waals surface area (Å²) in [6.07, 6.45) is 7.77. The molecule has 3 amide bonds. The average molecular weight is 375 g/mol. The van der Waals surface area contributed by atoms with Gasteiger partial charge in [-0.1, -0.05) is 37.6 Å². The Morgan fingerprint density at radius 3 is 2.52 bits per heavy atom. The van der Waals surface area contributed by atoms with Crippen LogP contribution >= 0.6 is 0 Å². The van der Waals surface area contributed by atoms with Gasteiger partial charge in [-0.3, -0.25) is 10.1 Å². The zero-order valence-electron chi connectivity index (χ0n) is 16.2. The molecule has 0 spiro atoms. The zero-order valence-corrected chi connectivity index (χ0v) is 16.2. The molecule has 27 heavy (non-hydrogen) atoms. The summed E-state index contributed by atoms with van der Waals surface area (Å²) < 4.78 is 13.1. The quantitative estimate of drug-likeness (QED) is 0.605. The summed E-state index contributed by atoms with van der Waals surface area (Å²) >= 11 is 0. The second kappa shape index (κ2) is 10.8. The lowest BCUT2D eigenvalue weighted by Gasteiger charge is -2.22. The number of amides is 3. The summed E-state index contributed by atoms with van der Waals surface area (Å²) in [4.78, 5) is 23.9. The lowest BCUT2D eigenvalue weighted by atomic mass is 9.96. The van der Waals surface area contributed by atoms with Gasteiger partial charge >= 0.3 is 6.03 Å². The van der Waals surface area contributed by atoms with Crippen molar-refractivity contribution in [1.29, 1.82) is 0 Å². The number of hydrogen-bond acceptors (Lipinski definition) is 3. The van der Waals surface area contributed by atoms with E-state index >= 15 is 0 Å². The Morgan fingerprint density at radius 2 is 1.89 bits per heavy atom. The Hall–Kier alpha value is -2.21. The van der Waals surface area contributed by atoms with Crippen LogP contribution in [0.1, 0.15) is 57.6 Å². The molecule has 0 saturated carbocycles. The van der Waals surface area contributed by atoms with Crippen molar-refractivity contribution in [2.45, 2.75) is 52.0 Å². The molecule has 0 bridgehead atoms. The minimum atomic E-state index is -0.471. The van der Waals surface area contributed by atoms with Crippen LogP contribution in [0.15, 0.2) is 35.9 Å². The maximum atomic E-state index is 13.1. The minimum Gasteiger partial charge on any atom is -0.337 e. The standard InChI is InChI=1S/C21H30FN3O2/c1-15(2)20(17-8-10-18(22)11-9-17)24-14-19(26)25-21(27)23-13-12-16-6-4-3-5-7-16/h6,8-11,15,20,24H,3-5,7,12-14H2,1-2H3,(H2,23,25,26,27)/t20-/m1/s1. The van der Waals surface area contributed by atoms with Gasteiger partial charge in [-0.05, 0) is 55.7 Å². The number of rotatable bonds is 8. The molecule has 1 aromatic rings. The molecule has 0 radical (unpaired) electrons. The first-order valence-corrected chi connectivity index (χ1v) is 9.70. The fourth-order valence-electron chi connectivity index (χ4n) is 3.29. The van der Waals surface area contributed by atoms with Crippen LogP contribution in [0, 0.1) is 11.7 Å². The lowest BCUT2D eigenvalue weighted by Crippen LogP contribution is -2.44. The number of carbonyl (C=O) groups is 2. The summed E-state index contributed by atoms with van der Waals surface area (Å²) in [6.45, 7) is 4.58. The van der Waals surface area contributed by atoms with E-state index < -0.39 is 11.9 Å². The molecule has 5 nitrogen and oxygen atoms in total. The van der Waals surface area contributed by atoms with E-state index in [-0.39, 0.29) is 24.3 Å². The van der Waals surface area contributed by atoms with Gasteiger partial charge in [0.15, 0.2) is 0 Å². The number of allylic oxidation sites excluding steroid dienone is 1. The van der Waals surface area contributed by atoms with E-state index in [1.807, 2.05) is 13.8 Å². The predicted octanol–water partition coefficient (Wildman–Crippen LogP) is 3.83. The Balaban J connectivity index is 1.72. The lowest BCUT2D eigenvalue weighted by molar-refractivity contribution is -0.119. The van der Waals surface area contributed by atoms with Gasteiger partial charge in [-0.15, -0.1) is 0 Å². The largest absolute Gasteiger partial charge is 0.337 e. The molecule has 148 valence electrons. The van der Waals surface area contributed by atoms with Gasteiger partial charge in [0.1, 0.15) is 5.82 Å². The molecule has 0 aliphatic heterocycles. The first-order valence-electron chi connectivity index (χ1n) is 9.70. The second-order valence-electron chi connectivity index (χ2n) is 7.32. The van der Waals surface area contributed by atoms with E-state index in [1.165, 1.54) is 30.5 Å². The van der Waals surface area contributed by atoms with E-state index in [9.17, 15) is 14.0 Å². The van der Waals surface area contributed by atoms with Gasteiger partial charge in [-0.2, -0.15) is 0 Å². The maximum Gasteiger partial charge on any atom is 0.321 e. The molecule has 2 rings (SSSR count). The SMILES string of the molecule is CC(C)[C@@H](NCC(=O)NC(=O)NCCC1=CCCCC1)c1ccc(F)cc1. The number of benzene rings is 1.